The molecule has 2 atom stereocenters. The van der Waals surface area contributed by atoms with Crippen molar-refractivity contribution in [1.82, 2.24) is 0 Å². The topological polar surface area (TPSA) is 60.4 Å². The number of rotatable bonds is 1. The Balaban J connectivity index is 2.19. The van der Waals surface area contributed by atoms with Crippen LogP contribution in [0.15, 0.2) is 0 Å². The van der Waals surface area contributed by atoms with Crippen molar-refractivity contribution >= 4 is 15.8 Å². The van der Waals surface area contributed by atoms with Gasteiger partial charge in [-0.15, -0.1) is 0 Å². The van der Waals surface area contributed by atoms with E-state index in [1.165, 1.54) is 7.11 Å². The second-order valence-electron chi connectivity index (χ2n) is 4.46. The van der Waals surface area contributed by atoms with Crippen LogP contribution in [0.2, 0.25) is 0 Å². The molecule has 0 N–H and O–H groups in total. The highest BCUT2D eigenvalue weighted by molar-refractivity contribution is 7.92. The second kappa shape index (κ2) is 3.77. The fourth-order valence-electron chi connectivity index (χ4n) is 2.77. The van der Waals surface area contributed by atoms with Crippen molar-refractivity contribution in [2.45, 2.75) is 42.6 Å². The number of carbonyl (C=O) groups is 1. The van der Waals surface area contributed by atoms with Gasteiger partial charge in [-0.1, -0.05) is 6.42 Å². The van der Waals surface area contributed by atoms with Crippen molar-refractivity contribution in [3.05, 3.63) is 0 Å². The van der Waals surface area contributed by atoms with Gasteiger partial charge < -0.3 is 4.74 Å². The van der Waals surface area contributed by atoms with E-state index in [2.05, 4.69) is 4.74 Å². The zero-order chi connectivity index (χ0) is 11.1. The molecule has 0 saturated carbocycles. The van der Waals surface area contributed by atoms with Crippen LogP contribution in [0.4, 0.5) is 0 Å². The normalized spacial score (nSPS) is 38.3. The summed E-state index contributed by atoms with van der Waals surface area (Å²) in [7, 11) is -1.59. The molecule has 4 nitrogen and oxygen atoms in total. The Morgan fingerprint density at radius 1 is 1.20 bits per heavy atom. The monoisotopic (exact) mass is 232 g/mol. The summed E-state index contributed by atoms with van der Waals surface area (Å²) in [5, 5.41) is -0.594. The minimum absolute atomic E-state index is 0.200. The van der Waals surface area contributed by atoms with Crippen LogP contribution in [0.3, 0.4) is 0 Å². The van der Waals surface area contributed by atoms with E-state index in [9.17, 15) is 13.2 Å². The Kier molecular flexibility index (Phi) is 2.75. The molecule has 2 unspecified atom stereocenters. The first-order valence-corrected chi connectivity index (χ1v) is 6.97. The van der Waals surface area contributed by atoms with Crippen LogP contribution >= 0.6 is 0 Å². The number of sulfone groups is 1. The summed E-state index contributed by atoms with van der Waals surface area (Å²) in [6.45, 7) is 0. The molecule has 2 aliphatic heterocycles. The van der Waals surface area contributed by atoms with Crippen LogP contribution < -0.4 is 0 Å². The van der Waals surface area contributed by atoms with Gasteiger partial charge in [-0.3, -0.25) is 4.79 Å². The van der Waals surface area contributed by atoms with Gasteiger partial charge in [0.25, 0.3) is 0 Å². The molecule has 2 rings (SSSR count). The Bertz CT molecular complexity index is 340. The van der Waals surface area contributed by atoms with Crippen LogP contribution in [0.5, 0.6) is 0 Å². The van der Waals surface area contributed by atoms with Gasteiger partial charge in [0.15, 0.2) is 9.84 Å². The van der Waals surface area contributed by atoms with E-state index < -0.39 is 9.84 Å². The first kappa shape index (κ1) is 10.9. The Hall–Kier alpha value is -0.580. The lowest BCUT2D eigenvalue weighted by Crippen LogP contribution is -2.45. The van der Waals surface area contributed by atoms with Gasteiger partial charge in [0.05, 0.1) is 23.5 Å². The van der Waals surface area contributed by atoms with E-state index in [1.54, 1.807) is 0 Å². The largest absolute Gasteiger partial charge is 0.469 e. The van der Waals surface area contributed by atoms with E-state index in [-0.39, 0.29) is 22.4 Å². The summed E-state index contributed by atoms with van der Waals surface area (Å²) in [5.41, 5.74) is 0. The third-order valence-electron chi connectivity index (χ3n) is 3.61. The second-order valence-corrected chi connectivity index (χ2v) is 6.97. The molecule has 2 bridgehead atoms. The number of carbonyl (C=O) groups excluding carboxylic acids is 1. The molecule has 0 amide bonds. The lowest BCUT2D eigenvalue weighted by atomic mass is 9.89. The molecule has 2 aliphatic rings. The summed E-state index contributed by atoms with van der Waals surface area (Å²) in [6.07, 6.45) is 3.33. The molecule has 2 fully saturated rings. The van der Waals surface area contributed by atoms with Crippen molar-refractivity contribution in [1.29, 1.82) is 0 Å². The SMILES string of the molecule is COC(=O)C1CC2CCCC(C1)S2(=O)=O. The average Bonchev–Trinajstić information content (AvgIpc) is 2.14. The van der Waals surface area contributed by atoms with Gasteiger partial charge >= 0.3 is 5.97 Å². The number of esters is 1. The zero-order valence-corrected chi connectivity index (χ0v) is 9.63. The Labute approximate surface area is 89.9 Å². The Morgan fingerprint density at radius 2 is 1.73 bits per heavy atom. The maximum absolute atomic E-state index is 11.9. The summed E-state index contributed by atoms with van der Waals surface area (Å²) in [6, 6.07) is 0. The van der Waals surface area contributed by atoms with Gasteiger partial charge in [0, 0.05) is 0 Å². The van der Waals surface area contributed by atoms with Crippen LogP contribution in [-0.2, 0) is 19.4 Å². The van der Waals surface area contributed by atoms with Crippen molar-refractivity contribution < 1.29 is 17.9 Å². The van der Waals surface area contributed by atoms with Crippen molar-refractivity contribution in [2.24, 2.45) is 5.92 Å². The number of ether oxygens (including phenoxy) is 1. The summed E-state index contributed by atoms with van der Waals surface area (Å²) in [4.78, 5) is 11.4. The summed E-state index contributed by atoms with van der Waals surface area (Å²) in [5.74, 6) is -0.448. The minimum Gasteiger partial charge on any atom is -0.469 e. The highest BCUT2D eigenvalue weighted by Gasteiger charge is 2.46. The predicted octanol–water partition coefficient (Wildman–Crippen LogP) is 0.905. The molecule has 5 heteroatoms. The molecule has 15 heavy (non-hydrogen) atoms. The van der Waals surface area contributed by atoms with E-state index in [1.807, 2.05) is 0 Å². The van der Waals surface area contributed by atoms with Crippen LogP contribution in [0, 0.1) is 5.92 Å². The quantitative estimate of drug-likeness (QED) is 0.630. The van der Waals surface area contributed by atoms with E-state index in [0.29, 0.717) is 25.7 Å². The number of fused-ring (bicyclic) bond motifs is 2. The lowest BCUT2D eigenvalue weighted by molar-refractivity contribution is -0.146. The van der Waals surface area contributed by atoms with Gasteiger partial charge in [0.1, 0.15) is 0 Å². The van der Waals surface area contributed by atoms with Crippen LogP contribution in [0.25, 0.3) is 0 Å². The van der Waals surface area contributed by atoms with Crippen molar-refractivity contribution in [3.8, 4) is 0 Å². The summed E-state index contributed by atoms with van der Waals surface area (Å²) >= 11 is 0. The number of hydrogen-bond acceptors (Lipinski definition) is 4. The first-order chi connectivity index (χ1) is 7.05. The number of hydrogen-bond donors (Lipinski definition) is 0. The lowest BCUT2D eigenvalue weighted by Gasteiger charge is -2.37. The van der Waals surface area contributed by atoms with Crippen LogP contribution in [0.1, 0.15) is 32.1 Å². The maximum Gasteiger partial charge on any atom is 0.308 e. The molecule has 0 aromatic rings. The zero-order valence-electron chi connectivity index (χ0n) is 8.81. The standard InChI is InChI=1S/C10H16O4S/c1-14-10(11)7-5-8-3-2-4-9(6-7)15(8,12)13/h7-9H,2-6H2,1H3. The van der Waals surface area contributed by atoms with Crippen molar-refractivity contribution in [3.63, 3.8) is 0 Å². The summed E-state index contributed by atoms with van der Waals surface area (Å²) < 4.78 is 28.5. The van der Waals surface area contributed by atoms with Crippen LogP contribution in [-0.4, -0.2) is 32.0 Å². The minimum atomic E-state index is -2.95. The Morgan fingerprint density at radius 3 is 2.20 bits per heavy atom. The highest BCUT2D eigenvalue weighted by Crippen LogP contribution is 2.39. The predicted molar refractivity (Wildman–Crippen MR) is 55.1 cm³/mol. The van der Waals surface area contributed by atoms with E-state index >= 15 is 0 Å². The van der Waals surface area contributed by atoms with Crippen molar-refractivity contribution in [2.75, 3.05) is 7.11 Å². The van der Waals surface area contributed by atoms with E-state index in [0.717, 1.165) is 6.42 Å². The molecule has 0 radical (unpaired) electrons. The fourth-order valence-corrected chi connectivity index (χ4v) is 5.30. The van der Waals surface area contributed by atoms with Gasteiger partial charge in [-0.05, 0) is 25.7 Å². The van der Waals surface area contributed by atoms with Gasteiger partial charge in [0.2, 0.25) is 0 Å². The molecule has 0 aliphatic carbocycles. The molecular weight excluding hydrogens is 216 g/mol. The highest BCUT2D eigenvalue weighted by atomic mass is 32.2. The molecule has 2 heterocycles. The molecule has 0 aromatic heterocycles. The maximum atomic E-state index is 11.9. The third kappa shape index (κ3) is 1.77. The van der Waals surface area contributed by atoms with Gasteiger partial charge in [-0.25, -0.2) is 8.42 Å². The molecule has 0 spiro atoms. The average molecular weight is 232 g/mol. The van der Waals surface area contributed by atoms with Gasteiger partial charge in [-0.2, -0.15) is 0 Å². The first-order valence-electron chi connectivity index (χ1n) is 5.36. The number of methoxy groups -OCH3 is 1. The van der Waals surface area contributed by atoms with E-state index in [4.69, 9.17) is 0 Å². The fraction of sp³-hybridized carbons (Fsp3) is 0.900. The third-order valence-corrected chi connectivity index (χ3v) is 6.33. The smallest absolute Gasteiger partial charge is 0.308 e. The molecule has 86 valence electrons. The molecule has 0 aromatic carbocycles. The molecular formula is C10H16O4S. The molecule has 2 saturated heterocycles.